The average Bonchev–Trinajstić information content (AvgIpc) is 2.95. The number of hydrogen-bond donors (Lipinski definition) is 2. The van der Waals surface area contributed by atoms with Crippen molar-refractivity contribution in [1.29, 1.82) is 0 Å². The van der Waals surface area contributed by atoms with E-state index >= 15 is 0 Å². The number of nitrogens with one attached hydrogen (secondary N) is 1. The summed E-state index contributed by atoms with van der Waals surface area (Å²) in [5, 5.41) is 11.9. The fourth-order valence-corrected chi connectivity index (χ4v) is 3.51. The van der Waals surface area contributed by atoms with Gasteiger partial charge in [0.05, 0.1) is 12.3 Å². The first-order chi connectivity index (χ1) is 10.2. The largest absolute Gasteiger partial charge is 0.395 e. The molecule has 21 heavy (non-hydrogen) atoms. The average molecular weight is 283 g/mol. The molecule has 0 aromatic heterocycles. The monoisotopic (exact) mass is 283 g/mol. The molecule has 2 saturated carbocycles. The molecule has 2 fully saturated rings. The van der Waals surface area contributed by atoms with Crippen molar-refractivity contribution in [3.05, 3.63) is 29.3 Å². The highest BCUT2D eigenvalue weighted by atomic mass is 16.2. The van der Waals surface area contributed by atoms with E-state index in [0.29, 0.717) is 18.3 Å². The molecule has 1 aromatic rings. The Labute approximate surface area is 125 Å². The fourth-order valence-electron chi connectivity index (χ4n) is 3.51. The first-order valence-corrected chi connectivity index (χ1v) is 7.72. The van der Waals surface area contributed by atoms with Crippen LogP contribution in [0.15, 0.2) is 18.2 Å². The lowest BCUT2D eigenvalue weighted by atomic mass is 10.1. The van der Waals surface area contributed by atoms with Crippen molar-refractivity contribution in [3.8, 4) is 11.8 Å². The zero-order valence-corrected chi connectivity index (χ0v) is 12.4. The van der Waals surface area contributed by atoms with Crippen LogP contribution in [0, 0.1) is 36.5 Å². The van der Waals surface area contributed by atoms with Crippen molar-refractivity contribution in [1.82, 2.24) is 0 Å². The Balaban J connectivity index is 1.73. The zero-order valence-electron chi connectivity index (χ0n) is 12.4. The van der Waals surface area contributed by atoms with Crippen LogP contribution in [0.3, 0.4) is 0 Å². The standard InChI is InChI=1S/C18H21NO2/c1-12-8-9-13(5-2-3-10-20)16(11-12)19-18(21)17-14-6-4-7-15(14)17/h8-9,11,14-15,17,20H,3-4,6-7,10H2,1H3,(H,19,21). The number of fused-ring (bicyclic) bond motifs is 1. The van der Waals surface area contributed by atoms with Crippen molar-refractivity contribution < 1.29 is 9.90 Å². The number of anilines is 1. The summed E-state index contributed by atoms with van der Waals surface area (Å²) in [5.41, 5.74) is 2.73. The van der Waals surface area contributed by atoms with Crippen molar-refractivity contribution >= 4 is 11.6 Å². The Morgan fingerprint density at radius 1 is 1.38 bits per heavy atom. The van der Waals surface area contributed by atoms with Gasteiger partial charge in [0.2, 0.25) is 5.91 Å². The molecular weight excluding hydrogens is 262 g/mol. The van der Waals surface area contributed by atoms with Gasteiger partial charge in [0.15, 0.2) is 0 Å². The predicted octanol–water partition coefficient (Wildman–Crippen LogP) is 2.71. The molecule has 2 N–H and O–H groups in total. The summed E-state index contributed by atoms with van der Waals surface area (Å²) in [5.74, 6) is 7.57. The van der Waals surface area contributed by atoms with Gasteiger partial charge in [-0.25, -0.2) is 0 Å². The first-order valence-electron chi connectivity index (χ1n) is 7.72. The number of benzene rings is 1. The Bertz CT molecular complexity index is 601. The topological polar surface area (TPSA) is 49.3 Å². The van der Waals surface area contributed by atoms with Crippen LogP contribution in [-0.4, -0.2) is 17.6 Å². The van der Waals surface area contributed by atoms with Crippen LogP contribution >= 0.6 is 0 Å². The number of amides is 1. The second-order valence-electron chi connectivity index (χ2n) is 6.10. The number of aryl methyl sites for hydroxylation is 1. The van der Waals surface area contributed by atoms with Crippen LogP contribution in [0.4, 0.5) is 5.69 Å². The van der Waals surface area contributed by atoms with Crippen molar-refractivity contribution in [3.63, 3.8) is 0 Å². The summed E-state index contributed by atoms with van der Waals surface area (Å²) in [6, 6.07) is 5.90. The van der Waals surface area contributed by atoms with E-state index in [-0.39, 0.29) is 18.4 Å². The molecule has 110 valence electrons. The van der Waals surface area contributed by atoms with Gasteiger partial charge in [-0.2, -0.15) is 0 Å². The van der Waals surface area contributed by atoms with Crippen LogP contribution in [0.2, 0.25) is 0 Å². The molecule has 3 rings (SSSR count). The Hall–Kier alpha value is -1.79. The maximum Gasteiger partial charge on any atom is 0.228 e. The Morgan fingerprint density at radius 2 is 2.14 bits per heavy atom. The molecule has 0 saturated heterocycles. The molecule has 0 radical (unpaired) electrons. The maximum absolute atomic E-state index is 12.4. The van der Waals surface area contributed by atoms with Gasteiger partial charge in [-0.1, -0.05) is 24.3 Å². The van der Waals surface area contributed by atoms with Gasteiger partial charge < -0.3 is 10.4 Å². The second kappa shape index (κ2) is 5.91. The Morgan fingerprint density at radius 3 is 2.86 bits per heavy atom. The van der Waals surface area contributed by atoms with Crippen LogP contribution in [-0.2, 0) is 4.79 Å². The van der Waals surface area contributed by atoms with E-state index in [0.717, 1.165) is 16.8 Å². The summed E-state index contributed by atoms with van der Waals surface area (Å²) < 4.78 is 0. The molecule has 0 spiro atoms. The molecule has 2 aliphatic carbocycles. The highest BCUT2D eigenvalue weighted by Gasteiger charge is 2.56. The van der Waals surface area contributed by atoms with Gasteiger partial charge >= 0.3 is 0 Å². The lowest BCUT2D eigenvalue weighted by Gasteiger charge is -2.10. The molecule has 0 heterocycles. The van der Waals surface area contributed by atoms with Gasteiger partial charge in [-0.15, -0.1) is 0 Å². The Kier molecular flexibility index (Phi) is 3.98. The third kappa shape index (κ3) is 2.96. The molecule has 1 aromatic carbocycles. The van der Waals surface area contributed by atoms with Crippen molar-refractivity contribution in [2.75, 3.05) is 11.9 Å². The molecule has 2 unspecified atom stereocenters. The molecular formula is C18H21NO2. The van der Waals surface area contributed by atoms with E-state index in [1.54, 1.807) is 0 Å². The lowest BCUT2D eigenvalue weighted by Crippen LogP contribution is -2.17. The molecule has 2 atom stereocenters. The molecule has 3 nitrogen and oxygen atoms in total. The third-order valence-corrected chi connectivity index (χ3v) is 4.60. The molecule has 0 aliphatic heterocycles. The zero-order chi connectivity index (χ0) is 14.8. The number of aliphatic hydroxyl groups is 1. The van der Waals surface area contributed by atoms with E-state index in [1.165, 1.54) is 19.3 Å². The minimum absolute atomic E-state index is 0.0615. The summed E-state index contributed by atoms with van der Waals surface area (Å²) >= 11 is 0. The molecule has 3 heteroatoms. The van der Waals surface area contributed by atoms with E-state index in [9.17, 15) is 4.79 Å². The van der Waals surface area contributed by atoms with Crippen LogP contribution < -0.4 is 5.32 Å². The van der Waals surface area contributed by atoms with E-state index in [2.05, 4.69) is 17.2 Å². The van der Waals surface area contributed by atoms with Gasteiger partial charge in [-0.05, 0) is 49.3 Å². The van der Waals surface area contributed by atoms with Gasteiger partial charge in [0.1, 0.15) is 0 Å². The molecule has 2 aliphatic rings. The third-order valence-electron chi connectivity index (χ3n) is 4.60. The molecule has 0 bridgehead atoms. The normalized spacial score (nSPS) is 25.7. The highest BCUT2D eigenvalue weighted by molar-refractivity contribution is 5.96. The van der Waals surface area contributed by atoms with Crippen LogP contribution in [0.25, 0.3) is 0 Å². The summed E-state index contributed by atoms with van der Waals surface area (Å²) in [6.07, 6.45) is 4.15. The molecule has 1 amide bonds. The van der Waals surface area contributed by atoms with E-state index in [4.69, 9.17) is 5.11 Å². The smallest absolute Gasteiger partial charge is 0.228 e. The second-order valence-corrected chi connectivity index (χ2v) is 6.10. The van der Waals surface area contributed by atoms with E-state index in [1.807, 2.05) is 25.1 Å². The summed E-state index contributed by atoms with van der Waals surface area (Å²) in [4.78, 5) is 12.4. The highest BCUT2D eigenvalue weighted by Crippen LogP contribution is 2.57. The van der Waals surface area contributed by atoms with Gasteiger partial charge in [0, 0.05) is 17.9 Å². The SMILES string of the molecule is Cc1ccc(C#CCCO)c(NC(=O)C2C3CCCC32)c1. The number of carbonyl (C=O) groups is 1. The van der Waals surface area contributed by atoms with Crippen LogP contribution in [0.5, 0.6) is 0 Å². The van der Waals surface area contributed by atoms with Gasteiger partial charge in [0.25, 0.3) is 0 Å². The fraction of sp³-hybridized carbons (Fsp3) is 0.500. The van der Waals surface area contributed by atoms with Crippen molar-refractivity contribution in [2.45, 2.75) is 32.6 Å². The number of carbonyl (C=O) groups excluding carboxylic acids is 1. The van der Waals surface area contributed by atoms with Crippen LogP contribution in [0.1, 0.15) is 36.8 Å². The first kappa shape index (κ1) is 14.2. The minimum Gasteiger partial charge on any atom is -0.395 e. The quantitative estimate of drug-likeness (QED) is 0.838. The lowest BCUT2D eigenvalue weighted by molar-refractivity contribution is -0.118. The number of aliphatic hydroxyl groups excluding tert-OH is 1. The summed E-state index contributed by atoms with van der Waals surface area (Å²) in [7, 11) is 0. The number of rotatable bonds is 3. The maximum atomic E-state index is 12.4. The van der Waals surface area contributed by atoms with E-state index < -0.39 is 0 Å². The number of hydrogen-bond acceptors (Lipinski definition) is 2. The predicted molar refractivity (Wildman–Crippen MR) is 82.7 cm³/mol. The van der Waals surface area contributed by atoms with Crippen molar-refractivity contribution in [2.24, 2.45) is 17.8 Å². The van der Waals surface area contributed by atoms with Gasteiger partial charge in [-0.3, -0.25) is 4.79 Å². The minimum atomic E-state index is 0.0615. The summed E-state index contributed by atoms with van der Waals surface area (Å²) in [6.45, 7) is 2.07.